The molecular formula is C16H12ClN3. The molecule has 0 atom stereocenters. The Morgan fingerprint density at radius 1 is 0.750 bits per heavy atom. The molecule has 2 aromatic heterocycles. The summed E-state index contributed by atoms with van der Waals surface area (Å²) in [7, 11) is 0. The molecule has 0 saturated heterocycles. The van der Waals surface area contributed by atoms with E-state index in [2.05, 4.69) is 46.4 Å². The number of halogens is 1. The van der Waals surface area contributed by atoms with Gasteiger partial charge in [0.25, 0.3) is 0 Å². The minimum atomic E-state index is 0.387. The Labute approximate surface area is 122 Å². The molecule has 0 fully saturated rings. The van der Waals surface area contributed by atoms with E-state index in [4.69, 9.17) is 11.6 Å². The van der Waals surface area contributed by atoms with E-state index in [0.717, 1.165) is 22.5 Å². The highest BCUT2D eigenvalue weighted by molar-refractivity contribution is 6.29. The molecule has 0 unspecified atom stereocenters. The van der Waals surface area contributed by atoms with Crippen molar-refractivity contribution in [2.24, 2.45) is 0 Å². The number of nitrogens with zero attached hydrogens (tertiary/aromatic N) is 3. The van der Waals surface area contributed by atoms with Gasteiger partial charge in [0.15, 0.2) is 5.15 Å². The summed E-state index contributed by atoms with van der Waals surface area (Å²) < 4.78 is 0. The molecule has 4 heteroatoms. The van der Waals surface area contributed by atoms with E-state index in [9.17, 15) is 0 Å². The van der Waals surface area contributed by atoms with Crippen LogP contribution in [0.25, 0.3) is 22.5 Å². The zero-order valence-corrected chi connectivity index (χ0v) is 11.7. The van der Waals surface area contributed by atoms with Gasteiger partial charge in [0, 0.05) is 17.3 Å². The molecule has 0 aliphatic heterocycles. The fourth-order valence-electron chi connectivity index (χ4n) is 1.91. The average Bonchev–Trinajstić information content (AvgIpc) is 2.49. The van der Waals surface area contributed by atoms with Crippen LogP contribution in [0.2, 0.25) is 5.15 Å². The van der Waals surface area contributed by atoms with Gasteiger partial charge in [-0.1, -0.05) is 41.4 Å². The number of aryl methyl sites for hydroxylation is 1. The summed E-state index contributed by atoms with van der Waals surface area (Å²) in [5.41, 5.74) is 4.96. The third-order valence-electron chi connectivity index (χ3n) is 3.04. The molecule has 20 heavy (non-hydrogen) atoms. The quantitative estimate of drug-likeness (QED) is 0.708. The van der Waals surface area contributed by atoms with Gasteiger partial charge in [-0.3, -0.25) is 4.98 Å². The van der Waals surface area contributed by atoms with Gasteiger partial charge in [-0.05, 0) is 31.2 Å². The normalized spacial score (nSPS) is 10.5. The molecule has 98 valence electrons. The first-order valence-electron chi connectivity index (χ1n) is 6.25. The molecule has 3 aromatic rings. The highest BCUT2D eigenvalue weighted by Crippen LogP contribution is 2.21. The Hall–Kier alpha value is -2.26. The lowest BCUT2D eigenvalue weighted by Gasteiger charge is -2.03. The maximum atomic E-state index is 5.73. The van der Waals surface area contributed by atoms with Gasteiger partial charge in [0.05, 0.1) is 11.4 Å². The third-order valence-corrected chi connectivity index (χ3v) is 3.24. The average molecular weight is 282 g/mol. The summed E-state index contributed by atoms with van der Waals surface area (Å²) in [6.45, 7) is 2.07. The van der Waals surface area contributed by atoms with Gasteiger partial charge in [0.2, 0.25) is 0 Å². The number of hydrogen-bond acceptors (Lipinski definition) is 3. The van der Waals surface area contributed by atoms with E-state index < -0.39 is 0 Å². The number of rotatable bonds is 2. The van der Waals surface area contributed by atoms with Crippen LogP contribution < -0.4 is 0 Å². The second-order valence-corrected chi connectivity index (χ2v) is 4.93. The van der Waals surface area contributed by atoms with E-state index in [0.29, 0.717) is 5.15 Å². The molecule has 0 amide bonds. The molecule has 0 aliphatic rings. The molecule has 1 aromatic carbocycles. The van der Waals surface area contributed by atoms with Crippen molar-refractivity contribution < 1.29 is 0 Å². The zero-order chi connectivity index (χ0) is 13.9. The predicted molar refractivity (Wildman–Crippen MR) is 80.4 cm³/mol. The van der Waals surface area contributed by atoms with Crippen molar-refractivity contribution in [2.75, 3.05) is 0 Å². The Bertz CT molecular complexity index is 640. The molecule has 3 rings (SSSR count). The van der Waals surface area contributed by atoms with Crippen LogP contribution in [0.15, 0.2) is 54.7 Å². The summed E-state index contributed by atoms with van der Waals surface area (Å²) in [5.74, 6) is 0. The fourth-order valence-corrected chi connectivity index (χ4v) is 2.01. The summed E-state index contributed by atoms with van der Waals surface area (Å²) in [4.78, 5) is 4.48. The number of benzene rings is 1. The van der Waals surface area contributed by atoms with Crippen LogP contribution in [0, 0.1) is 6.92 Å². The standard InChI is InChI=1S/C16H12ClN3/c1-11-2-4-12(5-3-11)14-7-6-13(10-18-14)15-8-9-16(17)20-19-15/h2-10H,1H3. The van der Waals surface area contributed by atoms with Crippen LogP contribution in [-0.2, 0) is 0 Å². The molecule has 0 N–H and O–H groups in total. The van der Waals surface area contributed by atoms with Crippen LogP contribution in [0.4, 0.5) is 0 Å². The number of hydrogen-bond donors (Lipinski definition) is 0. The maximum Gasteiger partial charge on any atom is 0.151 e. The Kier molecular flexibility index (Phi) is 3.44. The molecule has 0 aliphatic carbocycles. The van der Waals surface area contributed by atoms with E-state index in [1.165, 1.54) is 5.56 Å². The van der Waals surface area contributed by atoms with E-state index in [1.54, 1.807) is 12.3 Å². The van der Waals surface area contributed by atoms with Crippen LogP contribution in [-0.4, -0.2) is 15.2 Å². The zero-order valence-electron chi connectivity index (χ0n) is 10.9. The van der Waals surface area contributed by atoms with Gasteiger partial charge in [-0.15, -0.1) is 10.2 Å². The summed E-state index contributed by atoms with van der Waals surface area (Å²) >= 11 is 5.73. The second kappa shape index (κ2) is 5.39. The lowest BCUT2D eigenvalue weighted by molar-refractivity contribution is 1.04. The smallest absolute Gasteiger partial charge is 0.151 e. The van der Waals surface area contributed by atoms with Gasteiger partial charge >= 0.3 is 0 Å². The Morgan fingerprint density at radius 2 is 1.45 bits per heavy atom. The van der Waals surface area contributed by atoms with Crippen LogP contribution in [0.3, 0.4) is 0 Å². The first kappa shape index (κ1) is 12.8. The van der Waals surface area contributed by atoms with Gasteiger partial charge in [-0.25, -0.2) is 0 Å². The lowest BCUT2D eigenvalue weighted by Crippen LogP contribution is -1.89. The monoisotopic (exact) mass is 281 g/mol. The van der Waals surface area contributed by atoms with Crippen LogP contribution in [0.5, 0.6) is 0 Å². The molecular weight excluding hydrogens is 270 g/mol. The van der Waals surface area contributed by atoms with E-state index in [-0.39, 0.29) is 0 Å². The first-order valence-corrected chi connectivity index (χ1v) is 6.63. The Morgan fingerprint density at radius 3 is 2.05 bits per heavy atom. The Balaban J connectivity index is 1.91. The topological polar surface area (TPSA) is 38.7 Å². The lowest BCUT2D eigenvalue weighted by atomic mass is 10.1. The highest BCUT2D eigenvalue weighted by Gasteiger charge is 2.03. The predicted octanol–water partition coefficient (Wildman–Crippen LogP) is 4.17. The molecule has 2 heterocycles. The molecule has 0 radical (unpaired) electrons. The van der Waals surface area contributed by atoms with Crippen molar-refractivity contribution in [1.29, 1.82) is 0 Å². The molecule has 3 nitrogen and oxygen atoms in total. The van der Waals surface area contributed by atoms with Gasteiger partial charge in [0.1, 0.15) is 0 Å². The molecule has 0 saturated carbocycles. The van der Waals surface area contributed by atoms with Crippen molar-refractivity contribution in [3.8, 4) is 22.5 Å². The maximum absolute atomic E-state index is 5.73. The minimum Gasteiger partial charge on any atom is -0.256 e. The molecule has 0 bridgehead atoms. The van der Waals surface area contributed by atoms with E-state index >= 15 is 0 Å². The van der Waals surface area contributed by atoms with Crippen LogP contribution >= 0.6 is 11.6 Å². The summed E-state index contributed by atoms with van der Waals surface area (Å²) in [6.07, 6.45) is 1.80. The largest absolute Gasteiger partial charge is 0.256 e. The summed E-state index contributed by atoms with van der Waals surface area (Å²) in [5, 5.41) is 8.26. The second-order valence-electron chi connectivity index (χ2n) is 4.54. The minimum absolute atomic E-state index is 0.387. The first-order chi connectivity index (χ1) is 9.72. The van der Waals surface area contributed by atoms with Crippen molar-refractivity contribution >= 4 is 11.6 Å². The molecule has 0 spiro atoms. The van der Waals surface area contributed by atoms with Crippen molar-refractivity contribution in [2.45, 2.75) is 6.92 Å². The van der Waals surface area contributed by atoms with Gasteiger partial charge in [-0.2, -0.15) is 0 Å². The highest BCUT2D eigenvalue weighted by atomic mass is 35.5. The van der Waals surface area contributed by atoms with Crippen molar-refractivity contribution in [3.05, 3.63) is 65.4 Å². The van der Waals surface area contributed by atoms with Crippen LogP contribution in [0.1, 0.15) is 5.56 Å². The number of pyridine rings is 1. The van der Waals surface area contributed by atoms with Crippen molar-refractivity contribution in [1.82, 2.24) is 15.2 Å². The number of aromatic nitrogens is 3. The van der Waals surface area contributed by atoms with E-state index in [1.807, 2.05) is 18.2 Å². The van der Waals surface area contributed by atoms with Gasteiger partial charge < -0.3 is 0 Å². The summed E-state index contributed by atoms with van der Waals surface area (Å²) in [6, 6.07) is 15.8. The SMILES string of the molecule is Cc1ccc(-c2ccc(-c3ccc(Cl)nn3)cn2)cc1. The van der Waals surface area contributed by atoms with Crippen molar-refractivity contribution in [3.63, 3.8) is 0 Å². The fraction of sp³-hybridized carbons (Fsp3) is 0.0625. The third kappa shape index (κ3) is 2.68.